The van der Waals surface area contributed by atoms with Crippen molar-refractivity contribution in [2.24, 2.45) is 0 Å². The Bertz CT molecular complexity index is 686. The SMILES string of the molecule is O=C(NCCNc1cc(N2CCCC2)cnn1)c1ccc(Cl)cc1. The molecular weight excluding hydrogens is 326 g/mol. The van der Waals surface area contributed by atoms with Crippen molar-refractivity contribution in [3.8, 4) is 0 Å². The molecule has 1 saturated heterocycles. The van der Waals surface area contributed by atoms with Crippen molar-refractivity contribution in [2.75, 3.05) is 36.4 Å². The minimum Gasteiger partial charge on any atom is -0.370 e. The van der Waals surface area contributed by atoms with E-state index in [0.29, 0.717) is 23.7 Å². The number of hydrogen-bond acceptors (Lipinski definition) is 5. The number of halogens is 1. The van der Waals surface area contributed by atoms with Gasteiger partial charge in [-0.05, 0) is 37.1 Å². The smallest absolute Gasteiger partial charge is 0.251 e. The summed E-state index contributed by atoms with van der Waals surface area (Å²) in [6, 6.07) is 8.81. The van der Waals surface area contributed by atoms with Crippen LogP contribution in [0.1, 0.15) is 23.2 Å². The Kier molecular flexibility index (Phi) is 5.48. The van der Waals surface area contributed by atoms with E-state index in [0.717, 1.165) is 24.6 Å². The van der Waals surface area contributed by atoms with Gasteiger partial charge in [0.25, 0.3) is 5.91 Å². The van der Waals surface area contributed by atoms with Crippen molar-refractivity contribution in [3.05, 3.63) is 47.1 Å². The normalized spacial score (nSPS) is 13.8. The van der Waals surface area contributed by atoms with Gasteiger partial charge in [-0.15, -0.1) is 5.10 Å². The van der Waals surface area contributed by atoms with Gasteiger partial charge in [-0.3, -0.25) is 4.79 Å². The first-order valence-corrected chi connectivity index (χ1v) is 8.45. The topological polar surface area (TPSA) is 70.2 Å². The second-order valence-corrected chi connectivity index (χ2v) is 6.12. The van der Waals surface area contributed by atoms with E-state index in [2.05, 4.69) is 25.7 Å². The van der Waals surface area contributed by atoms with Crippen LogP contribution < -0.4 is 15.5 Å². The third kappa shape index (κ3) is 4.35. The van der Waals surface area contributed by atoms with Crippen molar-refractivity contribution in [2.45, 2.75) is 12.8 Å². The third-order valence-electron chi connectivity index (χ3n) is 3.93. The fourth-order valence-corrected chi connectivity index (χ4v) is 2.79. The Labute approximate surface area is 146 Å². The van der Waals surface area contributed by atoms with Gasteiger partial charge in [0.05, 0.1) is 11.9 Å². The molecule has 2 heterocycles. The summed E-state index contributed by atoms with van der Waals surface area (Å²) in [6.45, 7) is 3.22. The summed E-state index contributed by atoms with van der Waals surface area (Å²) in [4.78, 5) is 14.3. The number of anilines is 2. The number of rotatable bonds is 6. The number of carbonyl (C=O) groups is 1. The molecule has 0 atom stereocenters. The van der Waals surface area contributed by atoms with Gasteiger partial charge in [0.2, 0.25) is 0 Å². The zero-order valence-electron chi connectivity index (χ0n) is 13.3. The predicted molar refractivity (Wildman–Crippen MR) is 95.8 cm³/mol. The van der Waals surface area contributed by atoms with Gasteiger partial charge in [-0.2, -0.15) is 5.10 Å². The van der Waals surface area contributed by atoms with Crippen LogP contribution in [0, 0.1) is 0 Å². The molecule has 7 heteroatoms. The molecule has 2 N–H and O–H groups in total. The Morgan fingerprint density at radius 2 is 1.92 bits per heavy atom. The van der Waals surface area contributed by atoms with E-state index in [4.69, 9.17) is 11.6 Å². The van der Waals surface area contributed by atoms with Crippen LogP contribution in [0.4, 0.5) is 11.5 Å². The molecule has 1 aliphatic rings. The summed E-state index contributed by atoms with van der Waals surface area (Å²) in [7, 11) is 0. The van der Waals surface area contributed by atoms with E-state index in [-0.39, 0.29) is 5.91 Å². The van der Waals surface area contributed by atoms with Crippen molar-refractivity contribution in [1.82, 2.24) is 15.5 Å². The predicted octanol–water partition coefficient (Wildman–Crippen LogP) is 2.57. The average molecular weight is 346 g/mol. The maximum atomic E-state index is 12.0. The number of benzene rings is 1. The van der Waals surface area contributed by atoms with Gasteiger partial charge in [-0.25, -0.2) is 0 Å². The fourth-order valence-electron chi connectivity index (χ4n) is 2.66. The van der Waals surface area contributed by atoms with E-state index in [1.54, 1.807) is 30.5 Å². The summed E-state index contributed by atoms with van der Waals surface area (Å²) in [5.41, 5.74) is 1.69. The van der Waals surface area contributed by atoms with E-state index < -0.39 is 0 Å². The number of nitrogens with zero attached hydrogens (tertiary/aromatic N) is 3. The van der Waals surface area contributed by atoms with Crippen LogP contribution in [0.25, 0.3) is 0 Å². The number of aromatic nitrogens is 2. The van der Waals surface area contributed by atoms with Crippen LogP contribution >= 0.6 is 11.6 Å². The first-order chi connectivity index (χ1) is 11.7. The Morgan fingerprint density at radius 3 is 2.67 bits per heavy atom. The number of nitrogens with one attached hydrogen (secondary N) is 2. The molecule has 0 saturated carbocycles. The molecule has 3 rings (SSSR count). The van der Waals surface area contributed by atoms with Crippen LogP contribution in [0.5, 0.6) is 0 Å². The molecule has 1 aromatic carbocycles. The first-order valence-electron chi connectivity index (χ1n) is 8.08. The molecule has 1 aliphatic heterocycles. The zero-order chi connectivity index (χ0) is 16.8. The summed E-state index contributed by atoms with van der Waals surface area (Å²) in [5, 5.41) is 14.8. The highest BCUT2D eigenvalue weighted by atomic mass is 35.5. The monoisotopic (exact) mass is 345 g/mol. The molecule has 0 radical (unpaired) electrons. The van der Waals surface area contributed by atoms with Crippen LogP contribution in [0.3, 0.4) is 0 Å². The zero-order valence-corrected chi connectivity index (χ0v) is 14.1. The fraction of sp³-hybridized carbons (Fsp3) is 0.353. The minimum atomic E-state index is -0.120. The second kappa shape index (κ2) is 7.97. The third-order valence-corrected chi connectivity index (χ3v) is 4.19. The largest absolute Gasteiger partial charge is 0.370 e. The lowest BCUT2D eigenvalue weighted by atomic mass is 10.2. The Morgan fingerprint density at radius 1 is 1.17 bits per heavy atom. The van der Waals surface area contributed by atoms with Crippen LogP contribution in [-0.4, -0.2) is 42.3 Å². The van der Waals surface area contributed by atoms with Gasteiger partial charge < -0.3 is 15.5 Å². The van der Waals surface area contributed by atoms with E-state index >= 15 is 0 Å². The van der Waals surface area contributed by atoms with Gasteiger partial charge in [-0.1, -0.05) is 11.6 Å². The minimum absolute atomic E-state index is 0.120. The lowest BCUT2D eigenvalue weighted by Gasteiger charge is -2.17. The van der Waals surface area contributed by atoms with Crippen LogP contribution in [0.15, 0.2) is 36.5 Å². The van der Waals surface area contributed by atoms with Crippen LogP contribution in [-0.2, 0) is 0 Å². The van der Waals surface area contributed by atoms with E-state index in [9.17, 15) is 4.79 Å². The second-order valence-electron chi connectivity index (χ2n) is 5.68. The molecule has 0 spiro atoms. The van der Waals surface area contributed by atoms with Crippen molar-refractivity contribution in [3.63, 3.8) is 0 Å². The Hall–Kier alpha value is -2.34. The highest BCUT2D eigenvalue weighted by Crippen LogP contribution is 2.20. The lowest BCUT2D eigenvalue weighted by Crippen LogP contribution is -2.29. The number of amides is 1. The average Bonchev–Trinajstić information content (AvgIpc) is 3.14. The van der Waals surface area contributed by atoms with E-state index in [1.807, 2.05) is 6.07 Å². The molecule has 0 unspecified atom stereocenters. The van der Waals surface area contributed by atoms with Gasteiger partial charge in [0.1, 0.15) is 0 Å². The standard InChI is InChI=1S/C17H20ClN5O/c18-14-5-3-13(4-6-14)17(24)20-8-7-19-16-11-15(12-21-22-16)23-9-1-2-10-23/h3-6,11-12H,1-2,7-10H2,(H,19,22)(H,20,24). The molecule has 6 nitrogen and oxygen atoms in total. The molecule has 0 bridgehead atoms. The molecule has 24 heavy (non-hydrogen) atoms. The van der Waals surface area contributed by atoms with Crippen LogP contribution in [0.2, 0.25) is 5.02 Å². The highest BCUT2D eigenvalue weighted by Gasteiger charge is 2.13. The molecule has 126 valence electrons. The molecular formula is C17H20ClN5O. The van der Waals surface area contributed by atoms with Gasteiger partial charge in [0.15, 0.2) is 5.82 Å². The van der Waals surface area contributed by atoms with Gasteiger partial charge >= 0.3 is 0 Å². The van der Waals surface area contributed by atoms with Crippen molar-refractivity contribution >= 4 is 29.0 Å². The quantitative estimate of drug-likeness (QED) is 0.787. The summed E-state index contributed by atoms with van der Waals surface area (Å²) in [5.74, 6) is 0.602. The van der Waals surface area contributed by atoms with Crippen molar-refractivity contribution < 1.29 is 4.79 Å². The maximum absolute atomic E-state index is 12.0. The summed E-state index contributed by atoms with van der Waals surface area (Å²) >= 11 is 5.81. The van der Waals surface area contributed by atoms with Gasteiger partial charge in [0, 0.05) is 42.8 Å². The molecule has 1 amide bonds. The summed E-state index contributed by atoms with van der Waals surface area (Å²) in [6.07, 6.45) is 4.24. The molecule has 2 aromatic rings. The molecule has 1 aromatic heterocycles. The Balaban J connectivity index is 1.45. The van der Waals surface area contributed by atoms with Crippen molar-refractivity contribution in [1.29, 1.82) is 0 Å². The molecule has 0 aliphatic carbocycles. The summed E-state index contributed by atoms with van der Waals surface area (Å²) < 4.78 is 0. The molecule has 1 fully saturated rings. The highest BCUT2D eigenvalue weighted by molar-refractivity contribution is 6.30. The number of carbonyl (C=O) groups excluding carboxylic acids is 1. The van der Waals surface area contributed by atoms with E-state index in [1.165, 1.54) is 12.8 Å². The first kappa shape index (κ1) is 16.5. The number of hydrogen-bond donors (Lipinski definition) is 2. The maximum Gasteiger partial charge on any atom is 0.251 e. The lowest BCUT2D eigenvalue weighted by molar-refractivity contribution is 0.0955.